The lowest BCUT2D eigenvalue weighted by molar-refractivity contribution is -0.144. The van der Waals surface area contributed by atoms with Crippen LogP contribution in [0.4, 0.5) is 17.6 Å². The maximum atomic E-state index is 14.8. The molecule has 3 aromatic rings. The summed E-state index contributed by atoms with van der Waals surface area (Å²) in [6.45, 7) is 0. The van der Waals surface area contributed by atoms with Crippen LogP contribution in [-0.2, 0) is 14.9 Å². The summed E-state index contributed by atoms with van der Waals surface area (Å²) in [5.41, 5.74) is 3.48. The number of esters is 1. The maximum Gasteiger partial charge on any atom is 0.315 e. The highest BCUT2D eigenvalue weighted by molar-refractivity contribution is 7.85. The van der Waals surface area contributed by atoms with Crippen LogP contribution in [0.1, 0.15) is 53.4 Å². The average molecular weight is 562 g/mol. The molecule has 4 unspecified atom stereocenters. The molecule has 6 nitrogen and oxygen atoms in total. The van der Waals surface area contributed by atoms with Crippen LogP contribution >= 0.6 is 0 Å². The minimum atomic E-state index is -5.92. The standard InChI is InChI=1S/C28H22F4O6S/c29-22-24(31)27(39(35,36)37)25(32)23(30)26(22)38-28(34)21-19-14-8-3-1-6-12(14)18(13-7-2-4-9-15(13)19)20(21)16-10-5-11-17(16)33/h1-4,6-9,16-21,33H,5,10-11H2,(H,35,36,37)/p-1. The van der Waals surface area contributed by atoms with Crippen LogP contribution in [0.3, 0.4) is 0 Å². The molecule has 2 bridgehead atoms. The van der Waals surface area contributed by atoms with E-state index in [0.29, 0.717) is 19.3 Å². The monoisotopic (exact) mass is 561 g/mol. The van der Waals surface area contributed by atoms with Gasteiger partial charge in [0.2, 0.25) is 17.4 Å². The number of aliphatic hydroxyl groups is 1. The third-order valence-electron chi connectivity index (χ3n) is 8.42. The van der Waals surface area contributed by atoms with E-state index in [9.17, 15) is 40.4 Å². The second-order valence-corrected chi connectivity index (χ2v) is 11.6. The molecule has 11 heteroatoms. The summed E-state index contributed by atoms with van der Waals surface area (Å²) in [4.78, 5) is 11.5. The molecule has 0 aliphatic heterocycles. The molecular formula is C28H21F4O6S-. The summed E-state index contributed by atoms with van der Waals surface area (Å²) in [5, 5.41) is 10.9. The second-order valence-electron chi connectivity index (χ2n) is 10.3. The van der Waals surface area contributed by atoms with Gasteiger partial charge in [-0.25, -0.2) is 17.2 Å². The van der Waals surface area contributed by atoms with Gasteiger partial charge < -0.3 is 14.4 Å². The van der Waals surface area contributed by atoms with Crippen molar-refractivity contribution in [1.29, 1.82) is 0 Å². The fourth-order valence-electron chi connectivity index (χ4n) is 7.01. The average Bonchev–Trinajstić information content (AvgIpc) is 3.34. The van der Waals surface area contributed by atoms with Crippen molar-refractivity contribution in [2.75, 3.05) is 0 Å². The zero-order valence-electron chi connectivity index (χ0n) is 20.1. The Hall–Kier alpha value is -3.28. The number of rotatable bonds is 4. The van der Waals surface area contributed by atoms with Gasteiger partial charge in [0.1, 0.15) is 15.0 Å². The number of benzene rings is 3. The lowest BCUT2D eigenvalue weighted by Crippen LogP contribution is -2.49. The van der Waals surface area contributed by atoms with E-state index in [1.807, 2.05) is 36.4 Å². The highest BCUT2D eigenvalue weighted by Gasteiger charge is 2.57. The van der Waals surface area contributed by atoms with Crippen molar-refractivity contribution < 1.29 is 45.2 Å². The fourth-order valence-corrected chi connectivity index (χ4v) is 7.63. The molecule has 0 spiro atoms. The van der Waals surface area contributed by atoms with Gasteiger partial charge in [0.25, 0.3) is 0 Å². The van der Waals surface area contributed by atoms with Crippen LogP contribution in [0.2, 0.25) is 0 Å². The van der Waals surface area contributed by atoms with Crippen molar-refractivity contribution >= 4 is 16.1 Å². The van der Waals surface area contributed by atoms with Gasteiger partial charge in [-0.2, -0.15) is 8.78 Å². The summed E-state index contributed by atoms with van der Waals surface area (Å²) in [7, 11) is -5.92. The summed E-state index contributed by atoms with van der Waals surface area (Å²) in [6, 6.07) is 14.8. The summed E-state index contributed by atoms with van der Waals surface area (Å²) in [6.07, 6.45) is 1.06. The number of aliphatic hydroxyl groups excluding tert-OH is 1. The van der Waals surface area contributed by atoms with E-state index in [4.69, 9.17) is 4.74 Å². The van der Waals surface area contributed by atoms with Gasteiger partial charge in [0.05, 0.1) is 12.0 Å². The summed E-state index contributed by atoms with van der Waals surface area (Å²) >= 11 is 0. The Morgan fingerprint density at radius 1 is 0.821 bits per heavy atom. The minimum absolute atomic E-state index is 0.367. The summed E-state index contributed by atoms with van der Waals surface area (Å²) in [5.74, 6) is -15.6. The molecule has 0 amide bonds. The van der Waals surface area contributed by atoms with Crippen molar-refractivity contribution in [3.63, 3.8) is 0 Å². The molecule has 1 saturated carbocycles. The third kappa shape index (κ3) is 3.81. The Kier molecular flexibility index (Phi) is 6.09. The lowest BCUT2D eigenvalue weighted by atomic mass is 9.51. The molecule has 4 atom stereocenters. The van der Waals surface area contributed by atoms with Crippen molar-refractivity contribution in [3.8, 4) is 5.75 Å². The van der Waals surface area contributed by atoms with E-state index in [-0.39, 0.29) is 11.8 Å². The molecule has 4 aliphatic carbocycles. The van der Waals surface area contributed by atoms with Gasteiger partial charge >= 0.3 is 5.97 Å². The SMILES string of the molecule is O=C(Oc1c(F)c(F)c(S(=O)(=O)[O-])c(F)c1F)C1C2c3ccccc3C(c3ccccc32)C1C1CCCC1O. The van der Waals surface area contributed by atoms with E-state index in [2.05, 4.69) is 0 Å². The first-order valence-electron chi connectivity index (χ1n) is 12.4. The first-order chi connectivity index (χ1) is 18.5. The topological polar surface area (TPSA) is 104 Å². The number of halogens is 4. The van der Waals surface area contributed by atoms with Gasteiger partial charge in [0, 0.05) is 11.8 Å². The molecule has 1 N–H and O–H groups in total. The van der Waals surface area contributed by atoms with Crippen molar-refractivity contribution in [2.45, 2.75) is 42.1 Å². The zero-order valence-corrected chi connectivity index (χ0v) is 20.9. The molecule has 0 radical (unpaired) electrons. The lowest BCUT2D eigenvalue weighted by Gasteiger charge is -2.52. The van der Waals surface area contributed by atoms with Gasteiger partial charge in [-0.15, -0.1) is 0 Å². The van der Waals surface area contributed by atoms with Crippen molar-refractivity contribution in [3.05, 3.63) is 94.1 Å². The number of ether oxygens (including phenoxy) is 1. The normalized spacial score (nSPS) is 27.2. The minimum Gasteiger partial charge on any atom is -0.744 e. The maximum absolute atomic E-state index is 14.8. The predicted octanol–water partition coefficient (Wildman–Crippen LogP) is 4.74. The van der Waals surface area contributed by atoms with E-state index in [0.717, 1.165) is 22.3 Å². The first kappa shape index (κ1) is 26.0. The molecule has 3 aromatic carbocycles. The number of fused-ring (bicyclic) bond motifs is 1. The Morgan fingerprint density at radius 3 is 1.74 bits per heavy atom. The summed E-state index contributed by atoms with van der Waals surface area (Å²) < 4.78 is 97.0. The van der Waals surface area contributed by atoms with Gasteiger partial charge in [-0.3, -0.25) is 4.79 Å². The molecular weight excluding hydrogens is 540 g/mol. The number of carbonyl (C=O) groups is 1. The van der Waals surface area contributed by atoms with E-state index < -0.39 is 73.9 Å². The Bertz CT molecular complexity index is 1550. The Labute approximate surface area is 221 Å². The molecule has 7 rings (SSSR count). The fraction of sp³-hybridized carbons (Fsp3) is 0.321. The Balaban J connectivity index is 1.51. The molecule has 39 heavy (non-hydrogen) atoms. The largest absolute Gasteiger partial charge is 0.744 e. The molecule has 204 valence electrons. The van der Waals surface area contributed by atoms with E-state index in [1.165, 1.54) is 0 Å². The van der Waals surface area contributed by atoms with E-state index in [1.54, 1.807) is 12.1 Å². The molecule has 0 saturated heterocycles. The number of hydrogen-bond donors (Lipinski definition) is 1. The van der Waals surface area contributed by atoms with Crippen LogP contribution in [0.25, 0.3) is 0 Å². The highest BCUT2D eigenvalue weighted by Crippen LogP contribution is 2.62. The first-order valence-corrected chi connectivity index (χ1v) is 13.8. The van der Waals surface area contributed by atoms with Crippen LogP contribution in [-0.4, -0.2) is 30.2 Å². The van der Waals surface area contributed by atoms with Gasteiger partial charge in [0.15, 0.2) is 11.6 Å². The highest BCUT2D eigenvalue weighted by atomic mass is 32.2. The van der Waals surface area contributed by atoms with Crippen molar-refractivity contribution in [1.82, 2.24) is 0 Å². The number of hydrogen-bond acceptors (Lipinski definition) is 6. The molecule has 0 aromatic heterocycles. The zero-order chi connectivity index (χ0) is 27.8. The predicted molar refractivity (Wildman–Crippen MR) is 127 cm³/mol. The van der Waals surface area contributed by atoms with E-state index >= 15 is 0 Å². The molecule has 4 aliphatic rings. The Morgan fingerprint density at radius 2 is 1.31 bits per heavy atom. The van der Waals surface area contributed by atoms with Crippen LogP contribution in [0.5, 0.6) is 5.75 Å². The molecule has 0 heterocycles. The van der Waals surface area contributed by atoms with Crippen LogP contribution in [0.15, 0.2) is 53.4 Å². The second kappa shape index (κ2) is 9.14. The molecule has 1 fully saturated rings. The van der Waals surface area contributed by atoms with Gasteiger partial charge in [-0.1, -0.05) is 55.0 Å². The van der Waals surface area contributed by atoms with Crippen molar-refractivity contribution in [2.24, 2.45) is 17.8 Å². The third-order valence-corrected chi connectivity index (χ3v) is 9.28. The van der Waals surface area contributed by atoms with Crippen LogP contribution in [0, 0.1) is 41.0 Å². The number of carbonyl (C=O) groups excluding carboxylic acids is 1. The smallest absolute Gasteiger partial charge is 0.315 e. The van der Waals surface area contributed by atoms with Crippen LogP contribution < -0.4 is 4.74 Å². The van der Waals surface area contributed by atoms with Gasteiger partial charge in [-0.05, 0) is 46.9 Å². The quantitative estimate of drug-likeness (QED) is 0.162.